The smallest absolute Gasteiger partial charge is 0.242 e. The second-order valence-electron chi connectivity index (χ2n) is 5.01. The van der Waals surface area contributed by atoms with Crippen molar-refractivity contribution in [3.63, 3.8) is 0 Å². The average Bonchev–Trinajstić information content (AvgIpc) is 2.33. The number of nitrogens with one attached hydrogen (secondary N) is 2. The number of carbonyl (C=O) groups excluding carboxylic acids is 2. The summed E-state index contributed by atoms with van der Waals surface area (Å²) in [7, 11) is 0. The third-order valence-corrected chi connectivity index (χ3v) is 3.16. The van der Waals surface area contributed by atoms with Crippen molar-refractivity contribution in [3.8, 4) is 0 Å². The van der Waals surface area contributed by atoms with Gasteiger partial charge in [-0.2, -0.15) is 0 Å². The summed E-state index contributed by atoms with van der Waals surface area (Å²) >= 11 is 0. The van der Waals surface area contributed by atoms with Gasteiger partial charge in [-0.25, -0.2) is 0 Å². The highest BCUT2D eigenvalue weighted by Crippen LogP contribution is 2.10. The highest BCUT2D eigenvalue weighted by Gasteiger charge is 2.30. The Morgan fingerprint density at radius 2 is 2.28 bits per heavy atom. The first kappa shape index (κ1) is 15.0. The van der Waals surface area contributed by atoms with E-state index in [0.29, 0.717) is 32.0 Å². The normalized spacial score (nSPS) is 20.1. The van der Waals surface area contributed by atoms with Gasteiger partial charge in [0, 0.05) is 25.6 Å². The molecule has 0 radical (unpaired) electrons. The molecule has 0 aromatic rings. The third kappa shape index (κ3) is 4.29. The molecule has 0 aliphatic carbocycles. The van der Waals surface area contributed by atoms with Crippen LogP contribution in [0.2, 0.25) is 0 Å². The molecule has 1 unspecified atom stereocenters. The predicted octanol–water partition coefficient (Wildman–Crippen LogP) is 0.502. The maximum absolute atomic E-state index is 12.1. The lowest BCUT2D eigenvalue weighted by Gasteiger charge is -2.34. The first-order valence-electron chi connectivity index (χ1n) is 6.86. The number of nitrogens with zero attached hydrogens (tertiary/aromatic N) is 1. The lowest BCUT2D eigenvalue weighted by atomic mass is 10.1. The Kier molecular flexibility index (Phi) is 6.12. The van der Waals surface area contributed by atoms with Gasteiger partial charge in [-0.3, -0.25) is 9.59 Å². The largest absolute Gasteiger partial charge is 0.353 e. The van der Waals surface area contributed by atoms with Gasteiger partial charge in [0.05, 0.1) is 0 Å². The van der Waals surface area contributed by atoms with Crippen molar-refractivity contribution < 1.29 is 9.59 Å². The van der Waals surface area contributed by atoms with E-state index in [4.69, 9.17) is 0 Å². The molecule has 5 heteroatoms. The number of rotatable bonds is 6. The Balaban J connectivity index is 2.37. The van der Waals surface area contributed by atoms with Crippen LogP contribution in [-0.2, 0) is 9.59 Å². The number of carbonyl (C=O) groups is 2. The molecule has 1 aliphatic rings. The molecule has 0 saturated carbocycles. The summed E-state index contributed by atoms with van der Waals surface area (Å²) in [5.41, 5.74) is 0. The van der Waals surface area contributed by atoms with Crippen molar-refractivity contribution in [2.75, 3.05) is 19.6 Å². The van der Waals surface area contributed by atoms with Crippen molar-refractivity contribution in [3.05, 3.63) is 0 Å². The zero-order chi connectivity index (χ0) is 13.5. The van der Waals surface area contributed by atoms with E-state index >= 15 is 0 Å². The summed E-state index contributed by atoms with van der Waals surface area (Å²) in [6.45, 7) is 8.18. The molecule has 2 amide bonds. The Hall–Kier alpha value is -1.10. The molecule has 104 valence electrons. The van der Waals surface area contributed by atoms with Gasteiger partial charge >= 0.3 is 0 Å². The lowest BCUT2D eigenvalue weighted by Crippen LogP contribution is -2.56. The van der Waals surface area contributed by atoms with Gasteiger partial charge in [0.1, 0.15) is 6.04 Å². The Morgan fingerprint density at radius 3 is 2.89 bits per heavy atom. The molecule has 0 aromatic heterocycles. The van der Waals surface area contributed by atoms with Crippen LogP contribution in [0.15, 0.2) is 0 Å². The highest BCUT2D eigenvalue weighted by molar-refractivity contribution is 5.88. The number of hydrogen-bond acceptors (Lipinski definition) is 3. The van der Waals surface area contributed by atoms with Crippen LogP contribution >= 0.6 is 0 Å². The molecule has 1 atom stereocenters. The predicted molar refractivity (Wildman–Crippen MR) is 71.2 cm³/mol. The molecule has 1 saturated heterocycles. The van der Waals surface area contributed by atoms with Gasteiger partial charge in [0.2, 0.25) is 11.8 Å². The Morgan fingerprint density at radius 1 is 1.56 bits per heavy atom. The lowest BCUT2D eigenvalue weighted by molar-refractivity contribution is -0.143. The zero-order valence-electron chi connectivity index (χ0n) is 11.7. The van der Waals surface area contributed by atoms with Crippen LogP contribution < -0.4 is 10.6 Å². The van der Waals surface area contributed by atoms with Gasteiger partial charge in [-0.1, -0.05) is 20.8 Å². The van der Waals surface area contributed by atoms with Crippen LogP contribution in [0.4, 0.5) is 0 Å². The van der Waals surface area contributed by atoms with E-state index in [0.717, 1.165) is 13.0 Å². The van der Waals surface area contributed by atoms with Crippen LogP contribution in [0.1, 0.15) is 40.0 Å². The Bertz CT molecular complexity index is 292. The first-order chi connectivity index (χ1) is 8.56. The van der Waals surface area contributed by atoms with Crippen LogP contribution in [0, 0.1) is 0 Å². The zero-order valence-corrected chi connectivity index (χ0v) is 11.7. The van der Waals surface area contributed by atoms with Gasteiger partial charge in [-0.05, 0) is 19.4 Å². The standard InChI is InChI=1S/C13H25N3O2/c1-4-11-13(18)15-8-9-16(11)12(17)6-5-7-14-10(2)3/h10-11,14H,4-9H2,1-3H3,(H,15,18). The number of amides is 2. The molecule has 5 nitrogen and oxygen atoms in total. The summed E-state index contributed by atoms with van der Waals surface area (Å²) in [5.74, 6) is 0.0830. The molecule has 1 rings (SSSR count). The van der Waals surface area contributed by atoms with E-state index < -0.39 is 0 Å². The fraction of sp³-hybridized carbons (Fsp3) is 0.846. The quantitative estimate of drug-likeness (QED) is 0.680. The van der Waals surface area contributed by atoms with Gasteiger partial charge in [-0.15, -0.1) is 0 Å². The van der Waals surface area contributed by atoms with Crippen LogP contribution in [-0.4, -0.2) is 48.4 Å². The van der Waals surface area contributed by atoms with Crippen molar-refractivity contribution in [1.82, 2.24) is 15.5 Å². The van der Waals surface area contributed by atoms with E-state index in [-0.39, 0.29) is 17.9 Å². The summed E-state index contributed by atoms with van der Waals surface area (Å²) in [6.07, 6.45) is 2.02. The van der Waals surface area contributed by atoms with E-state index in [2.05, 4.69) is 24.5 Å². The minimum atomic E-state index is -0.274. The van der Waals surface area contributed by atoms with E-state index in [1.54, 1.807) is 4.90 Å². The number of piperazine rings is 1. The minimum absolute atomic E-state index is 0.0163. The molecule has 1 aliphatic heterocycles. The summed E-state index contributed by atoms with van der Waals surface area (Å²) < 4.78 is 0. The molecule has 0 spiro atoms. The first-order valence-corrected chi connectivity index (χ1v) is 6.86. The molecule has 0 aromatic carbocycles. The molecule has 1 heterocycles. The van der Waals surface area contributed by atoms with E-state index in [1.807, 2.05) is 6.92 Å². The number of hydrogen-bond donors (Lipinski definition) is 2. The molecule has 0 bridgehead atoms. The monoisotopic (exact) mass is 255 g/mol. The summed E-state index contributed by atoms with van der Waals surface area (Å²) in [4.78, 5) is 25.4. The Labute approximate surface area is 109 Å². The maximum Gasteiger partial charge on any atom is 0.242 e. The van der Waals surface area contributed by atoms with Crippen molar-refractivity contribution in [2.45, 2.75) is 52.1 Å². The molecule has 1 fully saturated rings. The van der Waals surface area contributed by atoms with Crippen molar-refractivity contribution in [2.24, 2.45) is 0 Å². The fourth-order valence-electron chi connectivity index (χ4n) is 2.19. The van der Waals surface area contributed by atoms with Crippen LogP contribution in [0.5, 0.6) is 0 Å². The topological polar surface area (TPSA) is 61.4 Å². The van der Waals surface area contributed by atoms with E-state index in [1.165, 1.54) is 0 Å². The summed E-state index contributed by atoms with van der Waals surface area (Å²) in [5, 5.41) is 6.09. The van der Waals surface area contributed by atoms with Gasteiger partial charge < -0.3 is 15.5 Å². The second-order valence-corrected chi connectivity index (χ2v) is 5.01. The molecular formula is C13H25N3O2. The highest BCUT2D eigenvalue weighted by atomic mass is 16.2. The second kappa shape index (κ2) is 7.36. The SMILES string of the molecule is CCC1C(=O)NCCN1C(=O)CCCNC(C)C. The van der Waals surface area contributed by atoms with Gasteiger partial charge in [0.25, 0.3) is 0 Å². The molecular weight excluding hydrogens is 230 g/mol. The molecule has 18 heavy (non-hydrogen) atoms. The fourth-order valence-corrected chi connectivity index (χ4v) is 2.19. The van der Waals surface area contributed by atoms with Crippen molar-refractivity contribution >= 4 is 11.8 Å². The molecule has 2 N–H and O–H groups in total. The van der Waals surface area contributed by atoms with Crippen LogP contribution in [0.25, 0.3) is 0 Å². The maximum atomic E-state index is 12.1. The van der Waals surface area contributed by atoms with Crippen molar-refractivity contribution in [1.29, 1.82) is 0 Å². The van der Waals surface area contributed by atoms with Crippen LogP contribution in [0.3, 0.4) is 0 Å². The minimum Gasteiger partial charge on any atom is -0.353 e. The summed E-state index contributed by atoms with van der Waals surface area (Å²) in [6, 6.07) is 0.175. The van der Waals surface area contributed by atoms with E-state index in [9.17, 15) is 9.59 Å². The average molecular weight is 255 g/mol. The third-order valence-electron chi connectivity index (χ3n) is 3.16. The van der Waals surface area contributed by atoms with Gasteiger partial charge in [0.15, 0.2) is 0 Å².